The van der Waals surface area contributed by atoms with Crippen molar-refractivity contribution < 1.29 is 14.3 Å². The molecule has 5 rings (SSSR count). The van der Waals surface area contributed by atoms with E-state index in [9.17, 15) is 4.79 Å². The van der Waals surface area contributed by atoms with Crippen LogP contribution in [0.3, 0.4) is 0 Å². The zero-order chi connectivity index (χ0) is 26.5. The number of para-hydroxylation sites is 2. The van der Waals surface area contributed by atoms with Crippen molar-refractivity contribution in [2.24, 2.45) is 0 Å². The first-order chi connectivity index (χ1) is 18.6. The van der Waals surface area contributed by atoms with Crippen LogP contribution >= 0.6 is 0 Å². The van der Waals surface area contributed by atoms with Crippen LogP contribution in [0.4, 0.5) is 5.69 Å². The van der Waals surface area contributed by atoms with E-state index in [1.165, 1.54) is 5.56 Å². The molecule has 196 valence electrons. The van der Waals surface area contributed by atoms with E-state index in [4.69, 9.17) is 14.5 Å². The normalized spacial score (nSPS) is 15.3. The van der Waals surface area contributed by atoms with Gasteiger partial charge in [-0.2, -0.15) is 0 Å². The van der Waals surface area contributed by atoms with E-state index in [1.54, 1.807) is 7.11 Å². The third-order valence-corrected chi connectivity index (χ3v) is 7.16. The van der Waals surface area contributed by atoms with E-state index >= 15 is 0 Å². The lowest BCUT2D eigenvalue weighted by molar-refractivity contribution is -0.117. The van der Waals surface area contributed by atoms with Crippen molar-refractivity contribution in [2.45, 2.75) is 45.1 Å². The van der Waals surface area contributed by atoms with Crippen LogP contribution in [0, 0.1) is 6.92 Å². The van der Waals surface area contributed by atoms with Crippen LogP contribution in [0.25, 0.3) is 11.0 Å². The van der Waals surface area contributed by atoms with Crippen molar-refractivity contribution in [1.29, 1.82) is 0 Å². The largest absolute Gasteiger partial charge is 0.493 e. The summed E-state index contributed by atoms with van der Waals surface area (Å²) < 4.78 is 13.9. The van der Waals surface area contributed by atoms with Gasteiger partial charge in [-0.15, -0.1) is 6.58 Å². The summed E-state index contributed by atoms with van der Waals surface area (Å²) in [4.78, 5) is 19.9. The Bertz CT molecular complexity index is 1420. The molecule has 0 radical (unpaired) electrons. The Hall–Kier alpha value is -4.06. The second kappa shape index (κ2) is 11.5. The molecule has 1 aliphatic heterocycles. The Morgan fingerprint density at radius 1 is 1.05 bits per heavy atom. The van der Waals surface area contributed by atoms with Gasteiger partial charge >= 0.3 is 0 Å². The number of carbonyl (C=O) groups excluding carboxylic acids is 1. The first-order valence-electron chi connectivity index (χ1n) is 13.3. The molecule has 4 aromatic rings. The van der Waals surface area contributed by atoms with Crippen LogP contribution < -0.4 is 14.4 Å². The van der Waals surface area contributed by atoms with Crippen LogP contribution in [0.15, 0.2) is 79.4 Å². The molecular formula is C32H35N3O3. The number of aryl methyl sites for hydroxylation is 2. The molecular weight excluding hydrogens is 474 g/mol. The molecule has 0 bridgehead atoms. The number of ether oxygens (including phenoxy) is 2. The van der Waals surface area contributed by atoms with E-state index in [0.29, 0.717) is 19.6 Å². The Balaban J connectivity index is 1.26. The molecule has 0 aliphatic carbocycles. The van der Waals surface area contributed by atoms with Gasteiger partial charge in [0.1, 0.15) is 5.82 Å². The minimum absolute atomic E-state index is 0.0609. The number of hydrogen-bond acceptors (Lipinski definition) is 4. The zero-order valence-electron chi connectivity index (χ0n) is 22.2. The van der Waals surface area contributed by atoms with Crippen molar-refractivity contribution in [3.63, 3.8) is 0 Å². The van der Waals surface area contributed by atoms with E-state index in [1.807, 2.05) is 53.4 Å². The number of nitrogens with zero attached hydrogens (tertiary/aromatic N) is 3. The maximum atomic E-state index is 13.0. The smallest absolute Gasteiger partial charge is 0.227 e. The number of benzene rings is 3. The van der Waals surface area contributed by atoms with Gasteiger partial charge in [0.05, 0.1) is 24.8 Å². The molecule has 6 heteroatoms. The number of carbonyl (C=O) groups is 1. The average Bonchev–Trinajstić information content (AvgIpc) is 3.50. The highest BCUT2D eigenvalue weighted by molar-refractivity contribution is 5.96. The Morgan fingerprint density at radius 3 is 2.66 bits per heavy atom. The van der Waals surface area contributed by atoms with Crippen LogP contribution in [0.5, 0.6) is 11.5 Å². The molecule has 1 aromatic heterocycles. The highest BCUT2D eigenvalue weighted by Gasteiger charge is 2.34. The predicted molar refractivity (Wildman–Crippen MR) is 152 cm³/mol. The van der Waals surface area contributed by atoms with Gasteiger partial charge in [-0.05, 0) is 68.1 Å². The number of fused-ring (bicyclic) bond motifs is 1. The minimum atomic E-state index is 0.0609. The third-order valence-electron chi connectivity index (χ3n) is 7.16. The molecule has 3 aromatic carbocycles. The highest BCUT2D eigenvalue weighted by Crippen LogP contribution is 2.34. The molecule has 2 heterocycles. The fourth-order valence-corrected chi connectivity index (χ4v) is 5.17. The van der Waals surface area contributed by atoms with Gasteiger partial charge in [-0.3, -0.25) is 4.79 Å². The number of unbranched alkanes of at least 4 members (excludes halogenated alkanes) is 1. The molecule has 0 N–H and O–H groups in total. The maximum Gasteiger partial charge on any atom is 0.227 e. The molecule has 0 saturated carbocycles. The fourth-order valence-electron chi connectivity index (χ4n) is 5.17. The van der Waals surface area contributed by atoms with Crippen molar-refractivity contribution in [1.82, 2.24) is 9.55 Å². The van der Waals surface area contributed by atoms with E-state index in [-0.39, 0.29) is 11.8 Å². The van der Waals surface area contributed by atoms with Crippen molar-refractivity contribution in [2.75, 3.05) is 25.2 Å². The first kappa shape index (κ1) is 25.6. The summed E-state index contributed by atoms with van der Waals surface area (Å²) in [6.07, 6.45) is 4.98. The van der Waals surface area contributed by atoms with Crippen LogP contribution in [0.1, 0.15) is 42.1 Å². The van der Waals surface area contributed by atoms with E-state index < -0.39 is 0 Å². The summed E-state index contributed by atoms with van der Waals surface area (Å²) in [6, 6.07) is 22.4. The average molecular weight is 510 g/mol. The molecule has 1 aliphatic rings. The van der Waals surface area contributed by atoms with Crippen molar-refractivity contribution >= 4 is 22.6 Å². The Labute approximate surface area is 224 Å². The van der Waals surface area contributed by atoms with Crippen LogP contribution in [-0.2, 0) is 17.8 Å². The third kappa shape index (κ3) is 5.44. The monoisotopic (exact) mass is 509 g/mol. The summed E-state index contributed by atoms with van der Waals surface area (Å²) >= 11 is 0. The lowest BCUT2D eigenvalue weighted by Gasteiger charge is -2.18. The van der Waals surface area contributed by atoms with Crippen molar-refractivity contribution in [3.05, 3.63) is 96.3 Å². The molecule has 1 saturated heterocycles. The maximum absolute atomic E-state index is 13.0. The summed E-state index contributed by atoms with van der Waals surface area (Å²) in [5.41, 5.74) is 5.38. The molecule has 1 fully saturated rings. The number of rotatable bonds is 11. The molecule has 1 unspecified atom stereocenters. The molecule has 1 amide bonds. The zero-order valence-corrected chi connectivity index (χ0v) is 22.2. The predicted octanol–water partition coefficient (Wildman–Crippen LogP) is 6.46. The number of methoxy groups -OCH3 is 1. The molecule has 0 spiro atoms. The summed E-state index contributed by atoms with van der Waals surface area (Å²) in [5.74, 6) is 2.71. The minimum Gasteiger partial charge on any atom is -0.493 e. The second-order valence-corrected chi connectivity index (χ2v) is 9.88. The van der Waals surface area contributed by atoms with Crippen LogP contribution in [-0.4, -0.2) is 35.7 Å². The van der Waals surface area contributed by atoms with Gasteiger partial charge in [0, 0.05) is 31.1 Å². The summed E-state index contributed by atoms with van der Waals surface area (Å²) in [6.45, 7) is 7.93. The van der Waals surface area contributed by atoms with Gasteiger partial charge in [0.15, 0.2) is 11.5 Å². The number of allylic oxidation sites excluding steroid dienone is 1. The van der Waals surface area contributed by atoms with Crippen LogP contribution in [0.2, 0.25) is 0 Å². The number of amides is 1. The highest BCUT2D eigenvalue weighted by atomic mass is 16.5. The first-order valence-corrected chi connectivity index (χ1v) is 13.3. The number of anilines is 1. The van der Waals surface area contributed by atoms with Crippen molar-refractivity contribution in [3.8, 4) is 11.5 Å². The van der Waals surface area contributed by atoms with E-state index in [0.717, 1.165) is 65.4 Å². The Kier molecular flexibility index (Phi) is 7.78. The lowest BCUT2D eigenvalue weighted by atomic mass is 10.1. The summed E-state index contributed by atoms with van der Waals surface area (Å²) in [5, 5.41) is 0. The topological polar surface area (TPSA) is 56.6 Å². The van der Waals surface area contributed by atoms with E-state index in [2.05, 4.69) is 42.3 Å². The Morgan fingerprint density at radius 2 is 1.87 bits per heavy atom. The SMILES string of the molecule is C=CCc1ccc(OCCCCn2c(C3CC(=O)N(c4ccc(C)cc4)C3)nc3ccccc32)c(OC)c1. The quantitative estimate of drug-likeness (QED) is 0.172. The fraction of sp³-hybridized carbons (Fsp3) is 0.312. The van der Waals surface area contributed by atoms with Gasteiger partial charge in [0.25, 0.3) is 0 Å². The number of hydrogen-bond donors (Lipinski definition) is 0. The number of imidazole rings is 1. The summed E-state index contributed by atoms with van der Waals surface area (Å²) in [7, 11) is 1.67. The molecule has 6 nitrogen and oxygen atoms in total. The van der Waals surface area contributed by atoms with Gasteiger partial charge < -0.3 is 18.9 Å². The van der Waals surface area contributed by atoms with Gasteiger partial charge in [-0.25, -0.2) is 4.98 Å². The lowest BCUT2D eigenvalue weighted by Crippen LogP contribution is -2.24. The number of aromatic nitrogens is 2. The molecule has 1 atom stereocenters. The molecule has 38 heavy (non-hydrogen) atoms. The van der Waals surface area contributed by atoms with Gasteiger partial charge in [0.2, 0.25) is 5.91 Å². The standard InChI is InChI=1S/C32H35N3O3/c1-4-9-24-14-17-29(30(20-24)37-3)38-19-8-7-18-34-28-11-6-5-10-27(28)33-32(34)25-21-31(36)35(22-25)26-15-12-23(2)13-16-26/h4-6,10-17,20,25H,1,7-9,18-19,21-22H2,2-3H3. The van der Waals surface area contributed by atoms with Gasteiger partial charge in [-0.1, -0.05) is 42.0 Å². The second-order valence-electron chi connectivity index (χ2n) is 9.88.